The lowest BCUT2D eigenvalue weighted by Crippen LogP contribution is -2.30. The average molecular weight is 863 g/mol. The third kappa shape index (κ3) is 46.2. The Kier molecular flexibility index (Phi) is 46.6. The van der Waals surface area contributed by atoms with Gasteiger partial charge in [-0.15, -0.1) is 0 Å². The van der Waals surface area contributed by atoms with Crippen molar-refractivity contribution in [2.24, 2.45) is 11.8 Å². The largest absolute Gasteiger partial charge is 0.462 e. The SMILES string of the molecule is CCCCCCCCCCCCCCCCCCCCCC(=O)OC[C@H](COC(=O)CCCCCCCCCCCCC(C)CC)OC(=O)CCCCCCCCC(C)CC. The Morgan fingerprint density at radius 3 is 0.852 bits per heavy atom. The molecule has 0 spiro atoms. The lowest BCUT2D eigenvalue weighted by molar-refractivity contribution is -0.167. The molecule has 0 rings (SSSR count). The van der Waals surface area contributed by atoms with Crippen molar-refractivity contribution in [3.05, 3.63) is 0 Å². The third-order valence-electron chi connectivity index (χ3n) is 13.2. The van der Waals surface area contributed by atoms with Crippen LogP contribution in [-0.2, 0) is 28.6 Å². The highest BCUT2D eigenvalue weighted by Crippen LogP contribution is 2.18. The Morgan fingerprint density at radius 1 is 0.328 bits per heavy atom. The van der Waals surface area contributed by atoms with E-state index in [0.717, 1.165) is 69.6 Å². The van der Waals surface area contributed by atoms with E-state index >= 15 is 0 Å². The van der Waals surface area contributed by atoms with E-state index in [1.165, 1.54) is 193 Å². The molecule has 0 bridgehead atoms. The Hall–Kier alpha value is -1.59. The smallest absolute Gasteiger partial charge is 0.306 e. The molecule has 0 aliphatic carbocycles. The quantitative estimate of drug-likeness (QED) is 0.0344. The van der Waals surface area contributed by atoms with E-state index in [9.17, 15) is 14.4 Å². The van der Waals surface area contributed by atoms with E-state index in [-0.39, 0.29) is 31.1 Å². The first-order valence-corrected chi connectivity index (χ1v) is 27.3. The number of ether oxygens (including phenoxy) is 3. The van der Waals surface area contributed by atoms with Crippen molar-refractivity contribution in [3.63, 3.8) is 0 Å². The van der Waals surface area contributed by atoms with Crippen molar-refractivity contribution in [1.82, 2.24) is 0 Å². The molecule has 2 unspecified atom stereocenters. The molecule has 0 aromatic rings. The average Bonchev–Trinajstić information content (AvgIpc) is 3.26. The van der Waals surface area contributed by atoms with Crippen LogP contribution in [0.3, 0.4) is 0 Å². The number of carbonyl (C=O) groups excluding carboxylic acids is 3. The van der Waals surface area contributed by atoms with E-state index in [4.69, 9.17) is 14.2 Å². The van der Waals surface area contributed by atoms with Gasteiger partial charge in [0.1, 0.15) is 13.2 Å². The molecule has 0 saturated heterocycles. The number of rotatable bonds is 49. The molecular formula is C55H106O6. The summed E-state index contributed by atoms with van der Waals surface area (Å²) < 4.78 is 16.8. The minimum atomic E-state index is -0.763. The van der Waals surface area contributed by atoms with E-state index in [0.29, 0.717) is 19.3 Å². The molecule has 0 heterocycles. The normalized spacial score (nSPS) is 12.9. The zero-order chi connectivity index (χ0) is 44.7. The highest BCUT2D eigenvalue weighted by molar-refractivity contribution is 5.71. The van der Waals surface area contributed by atoms with Crippen molar-refractivity contribution in [2.75, 3.05) is 13.2 Å². The van der Waals surface area contributed by atoms with Gasteiger partial charge in [0, 0.05) is 19.3 Å². The van der Waals surface area contributed by atoms with Crippen LogP contribution in [0.15, 0.2) is 0 Å². The Morgan fingerprint density at radius 2 is 0.574 bits per heavy atom. The van der Waals surface area contributed by atoms with Gasteiger partial charge in [0.15, 0.2) is 6.10 Å². The molecule has 6 nitrogen and oxygen atoms in total. The minimum absolute atomic E-state index is 0.0645. The van der Waals surface area contributed by atoms with E-state index < -0.39 is 6.10 Å². The molecule has 0 radical (unpaired) electrons. The van der Waals surface area contributed by atoms with Crippen molar-refractivity contribution in [2.45, 2.75) is 310 Å². The summed E-state index contributed by atoms with van der Waals surface area (Å²) in [5, 5.41) is 0. The van der Waals surface area contributed by atoms with Gasteiger partial charge in [-0.3, -0.25) is 14.4 Å². The van der Waals surface area contributed by atoms with Gasteiger partial charge >= 0.3 is 17.9 Å². The molecule has 0 aliphatic rings. The summed E-state index contributed by atoms with van der Waals surface area (Å²) in [6.45, 7) is 11.4. The Labute approximate surface area is 380 Å². The maximum atomic E-state index is 12.8. The fourth-order valence-corrected chi connectivity index (χ4v) is 8.28. The van der Waals surface area contributed by atoms with E-state index in [1.807, 2.05) is 0 Å². The molecule has 0 aromatic carbocycles. The molecule has 362 valence electrons. The second kappa shape index (κ2) is 47.9. The zero-order valence-corrected chi connectivity index (χ0v) is 41.8. The first kappa shape index (κ1) is 59.4. The van der Waals surface area contributed by atoms with E-state index in [2.05, 4.69) is 34.6 Å². The van der Waals surface area contributed by atoms with Gasteiger partial charge in [-0.1, -0.05) is 266 Å². The molecular weight excluding hydrogens is 757 g/mol. The topological polar surface area (TPSA) is 78.9 Å². The van der Waals surface area contributed by atoms with Gasteiger partial charge in [-0.05, 0) is 31.1 Å². The van der Waals surface area contributed by atoms with Gasteiger partial charge in [-0.2, -0.15) is 0 Å². The molecule has 0 amide bonds. The van der Waals surface area contributed by atoms with Crippen LogP contribution in [0, 0.1) is 11.8 Å². The lowest BCUT2D eigenvalue weighted by atomic mass is 9.99. The van der Waals surface area contributed by atoms with Gasteiger partial charge in [0.05, 0.1) is 0 Å². The number of carbonyl (C=O) groups is 3. The molecule has 61 heavy (non-hydrogen) atoms. The van der Waals surface area contributed by atoms with Gasteiger partial charge < -0.3 is 14.2 Å². The Bertz CT molecular complexity index is 935. The fraction of sp³-hybridized carbons (Fsp3) is 0.945. The lowest BCUT2D eigenvalue weighted by Gasteiger charge is -2.18. The highest BCUT2D eigenvalue weighted by Gasteiger charge is 2.19. The maximum absolute atomic E-state index is 12.8. The van der Waals surface area contributed by atoms with Crippen molar-refractivity contribution < 1.29 is 28.6 Å². The molecule has 0 aromatic heterocycles. The van der Waals surface area contributed by atoms with Crippen LogP contribution in [0.1, 0.15) is 304 Å². The summed E-state index contributed by atoms with van der Waals surface area (Å²) in [7, 11) is 0. The molecule has 0 N–H and O–H groups in total. The minimum Gasteiger partial charge on any atom is -0.462 e. The first-order chi connectivity index (χ1) is 29.8. The first-order valence-electron chi connectivity index (χ1n) is 27.3. The molecule has 0 fully saturated rings. The van der Waals surface area contributed by atoms with Crippen LogP contribution in [0.25, 0.3) is 0 Å². The van der Waals surface area contributed by atoms with Gasteiger partial charge in [0.25, 0.3) is 0 Å². The molecule has 3 atom stereocenters. The Balaban J connectivity index is 4.24. The van der Waals surface area contributed by atoms with Gasteiger partial charge in [0.2, 0.25) is 0 Å². The number of hydrogen-bond acceptors (Lipinski definition) is 6. The second-order valence-corrected chi connectivity index (χ2v) is 19.4. The molecule has 6 heteroatoms. The number of hydrogen-bond donors (Lipinski definition) is 0. The van der Waals surface area contributed by atoms with Crippen LogP contribution < -0.4 is 0 Å². The van der Waals surface area contributed by atoms with Crippen LogP contribution >= 0.6 is 0 Å². The molecule has 0 saturated carbocycles. The van der Waals surface area contributed by atoms with Crippen LogP contribution in [0.5, 0.6) is 0 Å². The summed E-state index contributed by atoms with van der Waals surface area (Å²) in [4.78, 5) is 38.0. The van der Waals surface area contributed by atoms with E-state index in [1.54, 1.807) is 0 Å². The monoisotopic (exact) mass is 863 g/mol. The van der Waals surface area contributed by atoms with Crippen molar-refractivity contribution in [1.29, 1.82) is 0 Å². The van der Waals surface area contributed by atoms with Crippen molar-refractivity contribution >= 4 is 17.9 Å². The van der Waals surface area contributed by atoms with Gasteiger partial charge in [-0.25, -0.2) is 0 Å². The summed E-state index contributed by atoms with van der Waals surface area (Å²) in [5.41, 5.74) is 0. The summed E-state index contributed by atoms with van der Waals surface area (Å²) in [5.74, 6) is 0.830. The summed E-state index contributed by atoms with van der Waals surface area (Å²) in [6, 6.07) is 0. The standard InChI is InChI=1S/C55H106O6/c1-6-9-10-11-12-13-14-15-16-17-18-19-20-21-22-26-29-35-40-45-53(56)59-48-52(61-55(58)47-42-37-32-31-34-39-44-51(5)8-3)49-60-54(57)46-41-36-30-27-24-23-25-28-33-38-43-50(4)7-2/h50-52H,6-49H2,1-5H3/t50?,51?,52-/m1/s1. The number of unbranched alkanes of at least 4 members (excludes halogenated alkanes) is 32. The van der Waals surface area contributed by atoms with Crippen LogP contribution in [-0.4, -0.2) is 37.2 Å². The predicted octanol–water partition coefficient (Wildman–Crippen LogP) is 17.7. The zero-order valence-electron chi connectivity index (χ0n) is 41.8. The summed E-state index contributed by atoms with van der Waals surface area (Å²) >= 11 is 0. The number of esters is 3. The van der Waals surface area contributed by atoms with Crippen molar-refractivity contribution in [3.8, 4) is 0 Å². The molecule has 0 aliphatic heterocycles. The highest BCUT2D eigenvalue weighted by atomic mass is 16.6. The summed E-state index contributed by atoms with van der Waals surface area (Å²) in [6.07, 6.45) is 49.5. The van der Waals surface area contributed by atoms with Crippen LogP contribution in [0.4, 0.5) is 0 Å². The second-order valence-electron chi connectivity index (χ2n) is 19.4. The van der Waals surface area contributed by atoms with Crippen LogP contribution in [0.2, 0.25) is 0 Å². The third-order valence-corrected chi connectivity index (χ3v) is 13.2. The fourth-order valence-electron chi connectivity index (χ4n) is 8.28. The maximum Gasteiger partial charge on any atom is 0.306 e. The predicted molar refractivity (Wildman–Crippen MR) is 261 cm³/mol.